The first-order valence-electron chi connectivity index (χ1n) is 4.93. The van der Waals surface area contributed by atoms with E-state index < -0.39 is 15.6 Å². The summed E-state index contributed by atoms with van der Waals surface area (Å²) in [5, 5.41) is 5.07. The van der Waals surface area contributed by atoms with Gasteiger partial charge in [-0.3, -0.25) is 0 Å². The van der Waals surface area contributed by atoms with Crippen LogP contribution in [0.2, 0.25) is 0 Å². The summed E-state index contributed by atoms with van der Waals surface area (Å²) in [5.74, 6) is 0.0526. The van der Waals surface area contributed by atoms with Crippen LogP contribution in [-0.4, -0.2) is 19.0 Å². The number of pyridine rings is 1. The first-order valence-corrected chi connectivity index (χ1v) is 6.48. The molecule has 1 aromatic rings. The Morgan fingerprint density at radius 1 is 1.50 bits per heavy atom. The molecule has 1 heterocycles. The second-order valence-corrected chi connectivity index (χ2v) is 5.60. The molecule has 0 radical (unpaired) electrons. The number of hydrogen-bond donors (Lipinski definition) is 1. The van der Waals surface area contributed by atoms with Crippen LogP contribution >= 0.6 is 0 Å². The van der Waals surface area contributed by atoms with Crippen LogP contribution in [0, 0.1) is 0 Å². The second-order valence-electron chi connectivity index (χ2n) is 4.07. The number of nitrogens with zero attached hydrogens (tertiary/aromatic N) is 1. The van der Waals surface area contributed by atoms with Crippen LogP contribution in [0.5, 0.6) is 5.88 Å². The van der Waals surface area contributed by atoms with Crippen molar-refractivity contribution in [2.24, 2.45) is 5.14 Å². The molecule has 0 aliphatic heterocycles. The molecule has 16 heavy (non-hydrogen) atoms. The fraction of sp³-hybridized carbons (Fsp3) is 0.500. The summed E-state index contributed by atoms with van der Waals surface area (Å²) in [6.07, 6.45) is 2.20. The molecule has 6 heteroatoms. The molecule has 0 spiro atoms. The summed E-state index contributed by atoms with van der Waals surface area (Å²) in [6, 6.07) is 2.88. The quantitative estimate of drug-likeness (QED) is 0.865. The molecule has 0 atom stereocenters. The van der Waals surface area contributed by atoms with Gasteiger partial charge in [-0.15, -0.1) is 0 Å². The molecular formula is C10H16N2O3S. The Labute approximate surface area is 95.7 Å². The number of sulfonamides is 1. The maximum atomic E-state index is 11.3. The lowest BCUT2D eigenvalue weighted by Crippen LogP contribution is -2.28. The minimum absolute atomic E-state index is 0.0526. The van der Waals surface area contributed by atoms with Crippen molar-refractivity contribution >= 4 is 10.0 Å². The van der Waals surface area contributed by atoms with Crippen molar-refractivity contribution in [3.05, 3.63) is 18.3 Å². The van der Waals surface area contributed by atoms with E-state index in [2.05, 4.69) is 4.98 Å². The largest absolute Gasteiger partial charge is 0.471 e. The van der Waals surface area contributed by atoms with E-state index in [1.807, 2.05) is 20.8 Å². The topological polar surface area (TPSA) is 82.3 Å². The first kappa shape index (κ1) is 12.9. The van der Waals surface area contributed by atoms with E-state index in [1.165, 1.54) is 18.3 Å². The Balaban J connectivity index is 3.16. The van der Waals surface area contributed by atoms with E-state index in [-0.39, 0.29) is 10.8 Å². The van der Waals surface area contributed by atoms with E-state index >= 15 is 0 Å². The molecule has 2 N–H and O–H groups in total. The summed E-state index contributed by atoms with van der Waals surface area (Å²) in [6.45, 7) is 5.66. The van der Waals surface area contributed by atoms with Crippen LogP contribution in [0.1, 0.15) is 27.2 Å². The van der Waals surface area contributed by atoms with Crippen LogP contribution in [0.15, 0.2) is 23.2 Å². The van der Waals surface area contributed by atoms with Crippen molar-refractivity contribution in [1.82, 2.24) is 4.98 Å². The molecule has 0 aliphatic rings. The molecule has 0 fully saturated rings. The van der Waals surface area contributed by atoms with Crippen LogP contribution in [0.3, 0.4) is 0 Å². The minimum Gasteiger partial charge on any atom is -0.471 e. The molecule has 0 aliphatic carbocycles. The van der Waals surface area contributed by atoms with Gasteiger partial charge in [0.05, 0.1) is 0 Å². The van der Waals surface area contributed by atoms with Crippen molar-refractivity contribution < 1.29 is 13.2 Å². The van der Waals surface area contributed by atoms with Gasteiger partial charge in [-0.2, -0.15) is 0 Å². The Morgan fingerprint density at radius 3 is 2.62 bits per heavy atom. The summed E-state index contributed by atoms with van der Waals surface area (Å²) in [4.78, 5) is 3.81. The third-order valence-corrected chi connectivity index (χ3v) is 3.19. The summed E-state index contributed by atoms with van der Waals surface area (Å²) >= 11 is 0. The van der Waals surface area contributed by atoms with Crippen LogP contribution < -0.4 is 9.88 Å². The van der Waals surface area contributed by atoms with Crippen molar-refractivity contribution in [1.29, 1.82) is 0 Å². The van der Waals surface area contributed by atoms with E-state index in [9.17, 15) is 8.42 Å². The van der Waals surface area contributed by atoms with Gasteiger partial charge in [-0.1, -0.05) is 6.92 Å². The Morgan fingerprint density at radius 2 is 2.12 bits per heavy atom. The van der Waals surface area contributed by atoms with Gasteiger partial charge in [0.15, 0.2) is 0 Å². The van der Waals surface area contributed by atoms with Gasteiger partial charge >= 0.3 is 0 Å². The smallest absolute Gasteiger partial charge is 0.243 e. The van der Waals surface area contributed by atoms with Crippen molar-refractivity contribution in [3.63, 3.8) is 0 Å². The fourth-order valence-electron chi connectivity index (χ4n) is 1.00. The van der Waals surface area contributed by atoms with E-state index in [0.29, 0.717) is 0 Å². The molecule has 0 saturated heterocycles. The summed E-state index contributed by atoms with van der Waals surface area (Å²) in [7, 11) is -3.80. The highest BCUT2D eigenvalue weighted by Gasteiger charge is 2.23. The minimum atomic E-state index is -3.80. The Hall–Kier alpha value is -1.14. The predicted molar refractivity (Wildman–Crippen MR) is 60.6 cm³/mol. The second kappa shape index (κ2) is 4.39. The first-order chi connectivity index (χ1) is 7.26. The van der Waals surface area contributed by atoms with Gasteiger partial charge in [0, 0.05) is 6.20 Å². The number of hydrogen-bond acceptors (Lipinski definition) is 4. The SMILES string of the molecule is CCC(C)(C)Oc1ncccc1S(N)(=O)=O. The van der Waals surface area contributed by atoms with Crippen LogP contribution in [-0.2, 0) is 10.0 Å². The van der Waals surface area contributed by atoms with E-state index in [1.54, 1.807) is 0 Å². The van der Waals surface area contributed by atoms with Gasteiger partial charge in [0.25, 0.3) is 0 Å². The van der Waals surface area contributed by atoms with Gasteiger partial charge in [0.2, 0.25) is 15.9 Å². The molecule has 0 saturated carbocycles. The Bertz CT molecular complexity index is 469. The van der Waals surface area contributed by atoms with Crippen molar-refractivity contribution in [3.8, 4) is 5.88 Å². The molecule has 0 aromatic carbocycles. The van der Waals surface area contributed by atoms with E-state index in [0.717, 1.165) is 6.42 Å². The normalized spacial score (nSPS) is 12.5. The maximum Gasteiger partial charge on any atom is 0.243 e. The maximum absolute atomic E-state index is 11.3. The standard InChI is InChI=1S/C10H16N2O3S/c1-4-10(2,3)15-9-8(16(11,13)14)6-5-7-12-9/h5-7H,4H2,1-3H3,(H2,11,13,14). The number of ether oxygens (including phenoxy) is 1. The van der Waals surface area contributed by atoms with Gasteiger partial charge < -0.3 is 4.74 Å². The van der Waals surface area contributed by atoms with Gasteiger partial charge in [-0.25, -0.2) is 18.5 Å². The molecule has 0 bridgehead atoms. The van der Waals surface area contributed by atoms with Crippen LogP contribution in [0.4, 0.5) is 0 Å². The van der Waals surface area contributed by atoms with Crippen molar-refractivity contribution in [2.75, 3.05) is 0 Å². The summed E-state index contributed by atoms with van der Waals surface area (Å²) < 4.78 is 28.1. The van der Waals surface area contributed by atoms with Gasteiger partial charge in [-0.05, 0) is 32.4 Å². The fourth-order valence-corrected chi connectivity index (χ4v) is 1.61. The highest BCUT2D eigenvalue weighted by molar-refractivity contribution is 7.89. The lowest BCUT2D eigenvalue weighted by molar-refractivity contribution is 0.0948. The molecule has 0 amide bonds. The zero-order valence-corrected chi connectivity index (χ0v) is 10.4. The highest BCUT2D eigenvalue weighted by Crippen LogP contribution is 2.24. The molecule has 0 unspecified atom stereocenters. The Kier molecular flexibility index (Phi) is 3.54. The molecule has 5 nitrogen and oxygen atoms in total. The average Bonchev–Trinajstić information content (AvgIpc) is 2.16. The molecule has 90 valence electrons. The predicted octanol–water partition coefficient (Wildman–Crippen LogP) is 1.30. The van der Waals surface area contributed by atoms with Crippen LogP contribution in [0.25, 0.3) is 0 Å². The lowest BCUT2D eigenvalue weighted by Gasteiger charge is -2.24. The number of rotatable bonds is 4. The highest BCUT2D eigenvalue weighted by atomic mass is 32.2. The number of aromatic nitrogens is 1. The molecule has 1 aromatic heterocycles. The van der Waals surface area contributed by atoms with Gasteiger partial charge in [0.1, 0.15) is 10.5 Å². The molecule has 1 rings (SSSR count). The number of nitrogens with two attached hydrogens (primary N) is 1. The van der Waals surface area contributed by atoms with Crippen molar-refractivity contribution in [2.45, 2.75) is 37.7 Å². The zero-order valence-electron chi connectivity index (χ0n) is 9.60. The average molecular weight is 244 g/mol. The summed E-state index contributed by atoms with van der Waals surface area (Å²) in [5.41, 5.74) is -0.478. The zero-order chi connectivity index (χ0) is 12.4. The molecular weight excluding hydrogens is 228 g/mol. The lowest BCUT2D eigenvalue weighted by atomic mass is 10.1. The monoisotopic (exact) mass is 244 g/mol. The third-order valence-electron chi connectivity index (χ3n) is 2.27. The number of primary sulfonamides is 1. The third kappa shape index (κ3) is 3.18. The van der Waals surface area contributed by atoms with E-state index in [4.69, 9.17) is 9.88 Å².